The van der Waals surface area contributed by atoms with Crippen LogP contribution in [0.5, 0.6) is 11.5 Å². The Hall–Kier alpha value is -3.11. The van der Waals surface area contributed by atoms with Crippen LogP contribution in [-0.4, -0.2) is 31.5 Å². The molecule has 0 unspecified atom stereocenters. The number of methoxy groups -OCH3 is 1. The molecule has 0 spiro atoms. The number of carbonyl (C=O) groups is 1. The molecule has 1 amide bonds. The zero-order chi connectivity index (χ0) is 20.1. The number of anilines is 2. The quantitative estimate of drug-likeness (QED) is 0.507. The van der Waals surface area contributed by atoms with Gasteiger partial charge in [0.1, 0.15) is 11.5 Å². The molecule has 3 N–H and O–H groups in total. The Labute approximate surface area is 165 Å². The van der Waals surface area contributed by atoms with Gasteiger partial charge in [0.2, 0.25) is 5.91 Å². The fourth-order valence-corrected chi connectivity index (χ4v) is 4.24. The van der Waals surface area contributed by atoms with Crippen molar-refractivity contribution in [3.05, 3.63) is 59.6 Å². The predicted molar refractivity (Wildman–Crippen MR) is 106 cm³/mol. The lowest BCUT2D eigenvalue weighted by Gasteiger charge is -2.06. The average molecular weight is 419 g/mol. The number of amides is 1. The van der Waals surface area contributed by atoms with Crippen LogP contribution in [0.25, 0.3) is 0 Å². The number of aromatic nitrogens is 1. The molecule has 1 heterocycles. The number of phenolic OH excluding ortho intramolecular Hbond substituents is 1. The molecule has 0 aliphatic carbocycles. The van der Waals surface area contributed by atoms with Crippen LogP contribution < -0.4 is 14.8 Å². The summed E-state index contributed by atoms with van der Waals surface area (Å²) in [7, 11) is -2.29. The van der Waals surface area contributed by atoms with E-state index in [1.54, 1.807) is 29.6 Å². The van der Waals surface area contributed by atoms with Crippen molar-refractivity contribution in [1.29, 1.82) is 0 Å². The predicted octanol–water partition coefficient (Wildman–Crippen LogP) is 2.84. The largest absolute Gasteiger partial charge is 0.508 e. The Balaban J connectivity index is 1.62. The topological polar surface area (TPSA) is 118 Å². The number of ether oxygens (including phenoxy) is 1. The minimum atomic E-state index is -3.79. The van der Waals surface area contributed by atoms with Gasteiger partial charge in [-0.05, 0) is 48.5 Å². The molecule has 2 aromatic carbocycles. The van der Waals surface area contributed by atoms with Crippen LogP contribution in [0.1, 0.15) is 5.69 Å². The molecule has 0 radical (unpaired) electrons. The standard InChI is InChI=1S/C18H17N3O5S2/c1-26-15-6-8-16(9-7-15)28(24,25)21-18-20-13(11-27-18)10-17(23)19-12-2-4-14(22)5-3-12/h2-9,11,22H,10H2,1H3,(H,19,23)(H,20,21). The Morgan fingerprint density at radius 1 is 1.14 bits per heavy atom. The smallest absolute Gasteiger partial charge is 0.263 e. The maximum absolute atomic E-state index is 12.4. The number of nitrogens with one attached hydrogen (secondary N) is 2. The maximum atomic E-state index is 12.4. The number of hydrogen-bond acceptors (Lipinski definition) is 7. The lowest BCUT2D eigenvalue weighted by atomic mass is 10.2. The van der Waals surface area contributed by atoms with Crippen LogP contribution in [0.15, 0.2) is 58.8 Å². The number of benzene rings is 2. The molecule has 146 valence electrons. The van der Waals surface area contributed by atoms with Crippen molar-refractivity contribution >= 4 is 38.1 Å². The highest BCUT2D eigenvalue weighted by Gasteiger charge is 2.17. The Morgan fingerprint density at radius 2 is 1.82 bits per heavy atom. The normalized spacial score (nSPS) is 11.0. The van der Waals surface area contributed by atoms with Gasteiger partial charge in [0, 0.05) is 11.1 Å². The SMILES string of the molecule is COc1ccc(S(=O)(=O)Nc2nc(CC(=O)Nc3ccc(O)cc3)cs2)cc1. The summed E-state index contributed by atoms with van der Waals surface area (Å²) >= 11 is 1.09. The Kier molecular flexibility index (Phi) is 5.81. The first kappa shape index (κ1) is 19.6. The number of thiazole rings is 1. The van der Waals surface area contributed by atoms with Gasteiger partial charge < -0.3 is 15.2 Å². The third-order valence-electron chi connectivity index (χ3n) is 3.64. The number of aromatic hydroxyl groups is 1. The van der Waals surface area contributed by atoms with Crippen molar-refractivity contribution in [2.75, 3.05) is 17.1 Å². The van der Waals surface area contributed by atoms with Crippen molar-refractivity contribution in [1.82, 2.24) is 4.98 Å². The zero-order valence-electron chi connectivity index (χ0n) is 14.7. The van der Waals surface area contributed by atoms with E-state index in [9.17, 15) is 18.3 Å². The average Bonchev–Trinajstić information content (AvgIpc) is 3.09. The molecule has 8 nitrogen and oxygen atoms in total. The van der Waals surface area contributed by atoms with E-state index in [1.807, 2.05) is 0 Å². The molecule has 10 heteroatoms. The number of rotatable bonds is 7. The van der Waals surface area contributed by atoms with E-state index in [2.05, 4.69) is 15.0 Å². The molecule has 0 saturated carbocycles. The minimum Gasteiger partial charge on any atom is -0.508 e. The first-order chi connectivity index (χ1) is 13.4. The number of phenols is 1. The molecular formula is C18H17N3O5S2. The van der Waals surface area contributed by atoms with E-state index in [-0.39, 0.29) is 28.1 Å². The summed E-state index contributed by atoms with van der Waals surface area (Å²) in [5, 5.41) is 13.7. The van der Waals surface area contributed by atoms with Gasteiger partial charge >= 0.3 is 0 Å². The summed E-state index contributed by atoms with van der Waals surface area (Å²) in [5.74, 6) is 0.349. The number of carbonyl (C=O) groups excluding carboxylic acids is 1. The first-order valence-corrected chi connectivity index (χ1v) is 10.4. The second-order valence-corrected chi connectivity index (χ2v) is 8.24. The second kappa shape index (κ2) is 8.28. The second-order valence-electron chi connectivity index (χ2n) is 5.70. The molecule has 0 aliphatic heterocycles. The third kappa shape index (κ3) is 4.99. The summed E-state index contributed by atoms with van der Waals surface area (Å²) in [6, 6.07) is 12.0. The molecule has 0 atom stereocenters. The highest BCUT2D eigenvalue weighted by atomic mass is 32.2. The highest BCUT2D eigenvalue weighted by molar-refractivity contribution is 7.93. The number of hydrogen-bond donors (Lipinski definition) is 3. The molecule has 3 rings (SSSR count). The van der Waals surface area contributed by atoms with Gasteiger partial charge in [-0.3, -0.25) is 9.52 Å². The zero-order valence-corrected chi connectivity index (χ0v) is 16.4. The number of nitrogens with zero attached hydrogens (tertiary/aromatic N) is 1. The van der Waals surface area contributed by atoms with E-state index in [1.165, 1.54) is 31.4 Å². The summed E-state index contributed by atoms with van der Waals surface area (Å²) in [4.78, 5) is 16.3. The van der Waals surface area contributed by atoms with E-state index >= 15 is 0 Å². The third-order valence-corrected chi connectivity index (χ3v) is 5.93. The highest BCUT2D eigenvalue weighted by Crippen LogP contribution is 2.22. The Morgan fingerprint density at radius 3 is 2.46 bits per heavy atom. The lowest BCUT2D eigenvalue weighted by molar-refractivity contribution is -0.115. The van der Waals surface area contributed by atoms with E-state index in [4.69, 9.17) is 4.74 Å². The van der Waals surface area contributed by atoms with Crippen molar-refractivity contribution in [3.8, 4) is 11.5 Å². The fraction of sp³-hybridized carbons (Fsp3) is 0.111. The summed E-state index contributed by atoms with van der Waals surface area (Å²) in [6.45, 7) is 0. The van der Waals surface area contributed by atoms with Gasteiger partial charge in [-0.1, -0.05) is 0 Å². The van der Waals surface area contributed by atoms with Gasteiger partial charge in [0.25, 0.3) is 10.0 Å². The van der Waals surface area contributed by atoms with Gasteiger partial charge in [0.05, 0.1) is 24.1 Å². The minimum absolute atomic E-state index is 0.0123. The van der Waals surface area contributed by atoms with E-state index < -0.39 is 10.0 Å². The van der Waals surface area contributed by atoms with Crippen LogP contribution in [0, 0.1) is 0 Å². The molecule has 0 aliphatic rings. The molecule has 0 saturated heterocycles. The van der Waals surface area contributed by atoms with Crippen LogP contribution in [0.3, 0.4) is 0 Å². The fourth-order valence-electron chi connectivity index (χ4n) is 2.28. The molecular weight excluding hydrogens is 402 g/mol. The molecule has 0 fully saturated rings. The van der Waals surface area contributed by atoms with Crippen LogP contribution in [0.2, 0.25) is 0 Å². The monoisotopic (exact) mass is 419 g/mol. The van der Waals surface area contributed by atoms with Crippen LogP contribution in [-0.2, 0) is 21.2 Å². The van der Waals surface area contributed by atoms with Crippen LogP contribution >= 0.6 is 11.3 Å². The molecule has 3 aromatic rings. The van der Waals surface area contributed by atoms with Crippen molar-refractivity contribution in [2.24, 2.45) is 0 Å². The number of sulfonamides is 1. The van der Waals surface area contributed by atoms with E-state index in [0.29, 0.717) is 17.1 Å². The van der Waals surface area contributed by atoms with E-state index in [0.717, 1.165) is 11.3 Å². The lowest BCUT2D eigenvalue weighted by Crippen LogP contribution is -2.15. The van der Waals surface area contributed by atoms with Gasteiger partial charge in [-0.25, -0.2) is 13.4 Å². The molecule has 0 bridgehead atoms. The Bertz CT molecular complexity index is 1060. The maximum Gasteiger partial charge on any atom is 0.263 e. The van der Waals surface area contributed by atoms with Crippen molar-refractivity contribution in [2.45, 2.75) is 11.3 Å². The summed E-state index contributed by atoms with van der Waals surface area (Å²) < 4.78 is 32.2. The van der Waals surface area contributed by atoms with Crippen molar-refractivity contribution in [3.63, 3.8) is 0 Å². The first-order valence-electron chi connectivity index (χ1n) is 8.06. The molecule has 1 aromatic heterocycles. The van der Waals surface area contributed by atoms with Crippen LogP contribution in [0.4, 0.5) is 10.8 Å². The van der Waals surface area contributed by atoms with Gasteiger partial charge in [-0.2, -0.15) is 0 Å². The molecule has 28 heavy (non-hydrogen) atoms. The van der Waals surface area contributed by atoms with Crippen molar-refractivity contribution < 1.29 is 23.1 Å². The van der Waals surface area contributed by atoms with Gasteiger partial charge in [0.15, 0.2) is 5.13 Å². The summed E-state index contributed by atoms with van der Waals surface area (Å²) in [5.41, 5.74) is 0.979. The summed E-state index contributed by atoms with van der Waals surface area (Å²) in [6.07, 6.45) is -0.0123. The van der Waals surface area contributed by atoms with Gasteiger partial charge in [-0.15, -0.1) is 11.3 Å².